The van der Waals surface area contributed by atoms with E-state index in [2.05, 4.69) is 33.9 Å². The predicted molar refractivity (Wildman–Crippen MR) is 144 cm³/mol. The molecule has 0 amide bonds. The van der Waals surface area contributed by atoms with Gasteiger partial charge >= 0.3 is 11.9 Å². The molecule has 4 N–H and O–H groups in total. The summed E-state index contributed by atoms with van der Waals surface area (Å²) < 4.78 is 13.9. The van der Waals surface area contributed by atoms with Crippen LogP contribution >= 0.6 is 0 Å². The molecule has 9 nitrogen and oxygen atoms in total. The monoisotopic (exact) mass is 537 g/mol. The molecule has 1 aromatic heterocycles. The van der Waals surface area contributed by atoms with E-state index in [-0.39, 0.29) is 35.9 Å². The van der Waals surface area contributed by atoms with Gasteiger partial charge in [-0.25, -0.2) is 9.78 Å². The SMILES string of the molecule is CCC1(OC(=O)CN)C(=O)OC([Si](C)(C)C(C)(C)C)C2=C1Cc1nc3n(c1=C2O)Cc1ccc(O)cc1C=3. The quantitative estimate of drug-likeness (QED) is 0.339. The molecule has 2 atom stereocenters. The number of carbonyl (C=O) groups excluding carboxylic acids is 2. The Morgan fingerprint density at radius 2 is 2.03 bits per heavy atom. The van der Waals surface area contributed by atoms with E-state index in [1.54, 1.807) is 19.1 Å². The van der Waals surface area contributed by atoms with Gasteiger partial charge < -0.3 is 30.0 Å². The summed E-state index contributed by atoms with van der Waals surface area (Å²) in [7, 11) is -2.43. The molecule has 0 spiro atoms. The second-order valence-electron chi connectivity index (χ2n) is 11.9. The molecule has 0 saturated carbocycles. The molecule has 10 heteroatoms. The number of carbonyl (C=O) groups is 2. The summed E-state index contributed by atoms with van der Waals surface area (Å²) in [5, 5.41) is 22.4. The zero-order valence-corrected chi connectivity index (χ0v) is 23.7. The Hall–Kier alpha value is -3.37. The van der Waals surface area contributed by atoms with Gasteiger partial charge in [-0.3, -0.25) is 4.79 Å². The molecule has 3 heterocycles. The van der Waals surface area contributed by atoms with Crippen molar-refractivity contribution in [1.82, 2.24) is 9.55 Å². The van der Waals surface area contributed by atoms with Gasteiger partial charge in [0.25, 0.3) is 0 Å². The Morgan fingerprint density at radius 3 is 2.66 bits per heavy atom. The molecule has 202 valence electrons. The van der Waals surface area contributed by atoms with Crippen molar-refractivity contribution >= 4 is 31.8 Å². The Morgan fingerprint density at radius 1 is 1.32 bits per heavy atom. The standard InChI is InChI=1S/C28H35N3O6Si/c1-7-28(37-21(33)13-29)18-12-19-23(31-14-15-8-9-17(32)10-16(15)11-20(31)30-19)24(34)22(18)25(36-26(28)35)38(5,6)27(2,3)4/h8-11,25,32,34H,7,12-14,29H2,1-6H3. The first-order valence-corrected chi connectivity index (χ1v) is 16.0. The summed E-state index contributed by atoms with van der Waals surface area (Å²) in [5.74, 6) is -1.19. The average molecular weight is 538 g/mol. The van der Waals surface area contributed by atoms with Gasteiger partial charge in [0.2, 0.25) is 5.60 Å². The van der Waals surface area contributed by atoms with Crippen molar-refractivity contribution in [2.24, 2.45) is 5.73 Å². The molecule has 2 aromatic rings. The fourth-order valence-electron chi connectivity index (χ4n) is 5.58. The second-order valence-corrected chi connectivity index (χ2v) is 17.4. The van der Waals surface area contributed by atoms with E-state index in [4.69, 9.17) is 20.2 Å². The van der Waals surface area contributed by atoms with Gasteiger partial charge in [0.05, 0.1) is 18.8 Å². The van der Waals surface area contributed by atoms with Crippen molar-refractivity contribution in [3.05, 3.63) is 57.0 Å². The number of aromatic hydroxyl groups is 1. The van der Waals surface area contributed by atoms with Crippen molar-refractivity contribution in [2.75, 3.05) is 6.54 Å². The zero-order valence-electron chi connectivity index (χ0n) is 22.7. The van der Waals surface area contributed by atoms with Crippen molar-refractivity contribution in [3.8, 4) is 5.75 Å². The first-order chi connectivity index (χ1) is 17.7. The smallest absolute Gasteiger partial charge is 0.355 e. The lowest BCUT2D eigenvalue weighted by Crippen LogP contribution is -2.61. The Labute approximate surface area is 222 Å². The molecule has 2 aliphatic heterocycles. The predicted octanol–water partition coefficient (Wildman–Crippen LogP) is 1.92. The summed E-state index contributed by atoms with van der Waals surface area (Å²) in [6, 6.07) is 5.19. The van der Waals surface area contributed by atoms with Gasteiger partial charge in [-0.15, -0.1) is 0 Å². The molecule has 2 unspecified atom stereocenters. The molecular weight excluding hydrogens is 502 g/mol. The molecule has 1 aliphatic carbocycles. The Kier molecular flexibility index (Phi) is 5.92. The van der Waals surface area contributed by atoms with Gasteiger partial charge in [-0.1, -0.05) is 46.9 Å². The third-order valence-electron chi connectivity index (χ3n) is 8.81. The van der Waals surface area contributed by atoms with Crippen LogP contribution in [0.4, 0.5) is 0 Å². The van der Waals surface area contributed by atoms with E-state index in [1.165, 1.54) is 0 Å². The number of nitrogens with zero attached hydrogens (tertiary/aromatic N) is 2. The maximum atomic E-state index is 13.7. The van der Waals surface area contributed by atoms with Crippen LogP contribution in [0.15, 0.2) is 29.3 Å². The number of nitrogens with two attached hydrogens (primary N) is 1. The summed E-state index contributed by atoms with van der Waals surface area (Å²) >= 11 is 0. The number of ether oxygens (including phenoxy) is 2. The molecule has 0 radical (unpaired) electrons. The number of hydrogen-bond acceptors (Lipinski definition) is 8. The molecular formula is C28H35N3O6Si. The minimum atomic E-state index is -2.43. The summed E-state index contributed by atoms with van der Waals surface area (Å²) in [6.45, 7) is 12.5. The number of fused-ring (bicyclic) bond motifs is 4. The van der Waals surface area contributed by atoms with Gasteiger partial charge in [0.15, 0.2) is 0 Å². The summed E-state index contributed by atoms with van der Waals surface area (Å²) in [4.78, 5) is 31.0. The number of phenols is 1. The number of cyclic esters (lactones) is 1. The number of phenolic OH excluding ortho intramolecular Hbond substituents is 1. The summed E-state index contributed by atoms with van der Waals surface area (Å²) in [6.07, 6.45) is 2.22. The largest absolute Gasteiger partial charge is 0.508 e. The van der Waals surface area contributed by atoms with E-state index in [0.717, 1.165) is 11.1 Å². The van der Waals surface area contributed by atoms with E-state index in [0.29, 0.717) is 34.2 Å². The van der Waals surface area contributed by atoms with Gasteiger partial charge in [-0.2, -0.15) is 0 Å². The van der Waals surface area contributed by atoms with Crippen LogP contribution in [0.25, 0.3) is 11.8 Å². The molecule has 0 bridgehead atoms. The Balaban J connectivity index is 1.80. The van der Waals surface area contributed by atoms with Crippen LogP contribution in [0, 0.1) is 0 Å². The van der Waals surface area contributed by atoms with Crippen molar-refractivity contribution in [2.45, 2.75) is 76.5 Å². The molecule has 5 rings (SSSR count). The number of aromatic nitrogens is 2. The van der Waals surface area contributed by atoms with Gasteiger partial charge in [0.1, 0.15) is 36.1 Å². The van der Waals surface area contributed by atoms with Crippen molar-refractivity contribution < 1.29 is 29.3 Å². The number of imidazole rings is 1. The van der Waals surface area contributed by atoms with Gasteiger partial charge in [-0.05, 0) is 40.8 Å². The lowest BCUT2D eigenvalue weighted by Gasteiger charge is -2.49. The average Bonchev–Trinajstić information content (AvgIpc) is 3.20. The number of aliphatic hydroxyl groups is 1. The van der Waals surface area contributed by atoms with Crippen LogP contribution < -0.4 is 16.6 Å². The van der Waals surface area contributed by atoms with Crippen LogP contribution in [0.1, 0.15) is 50.9 Å². The van der Waals surface area contributed by atoms with Crippen LogP contribution in [0.5, 0.6) is 5.75 Å². The highest BCUT2D eigenvalue weighted by molar-refractivity contribution is 6.82. The summed E-state index contributed by atoms with van der Waals surface area (Å²) in [5.41, 5.74) is 7.32. The normalized spacial score (nSPS) is 22.6. The number of esters is 2. The number of rotatable bonds is 4. The third kappa shape index (κ3) is 3.64. The molecule has 3 aliphatic rings. The molecule has 0 fully saturated rings. The highest BCUT2D eigenvalue weighted by atomic mass is 28.3. The number of aliphatic hydroxyl groups excluding tert-OH is 1. The lowest BCUT2D eigenvalue weighted by molar-refractivity contribution is -0.181. The molecule has 1 aromatic carbocycles. The van der Waals surface area contributed by atoms with Gasteiger partial charge in [0, 0.05) is 17.6 Å². The van der Waals surface area contributed by atoms with E-state index in [1.807, 2.05) is 16.7 Å². The fraction of sp³-hybridized carbons (Fsp3) is 0.464. The first kappa shape index (κ1) is 26.2. The minimum Gasteiger partial charge on any atom is -0.508 e. The highest BCUT2D eigenvalue weighted by Gasteiger charge is 2.59. The van der Waals surface area contributed by atoms with E-state index in [9.17, 15) is 19.8 Å². The van der Waals surface area contributed by atoms with Crippen LogP contribution in [0.3, 0.4) is 0 Å². The van der Waals surface area contributed by atoms with Crippen molar-refractivity contribution in [1.29, 1.82) is 0 Å². The molecule has 0 saturated heterocycles. The Bertz CT molecular complexity index is 1530. The maximum absolute atomic E-state index is 13.7. The van der Waals surface area contributed by atoms with Crippen LogP contribution in [-0.4, -0.2) is 57.6 Å². The maximum Gasteiger partial charge on any atom is 0.355 e. The first-order valence-electron chi connectivity index (χ1n) is 12.9. The topological polar surface area (TPSA) is 137 Å². The second kappa shape index (κ2) is 8.57. The molecule has 38 heavy (non-hydrogen) atoms. The highest BCUT2D eigenvalue weighted by Crippen LogP contribution is 2.49. The van der Waals surface area contributed by atoms with Crippen LogP contribution in [-0.2, 0) is 32.0 Å². The number of benzene rings is 1. The van der Waals surface area contributed by atoms with Crippen molar-refractivity contribution in [3.63, 3.8) is 0 Å². The third-order valence-corrected chi connectivity index (χ3v) is 14.4. The lowest BCUT2D eigenvalue weighted by atomic mass is 9.79. The number of hydrogen-bond donors (Lipinski definition) is 3. The minimum absolute atomic E-state index is 0.000393. The van der Waals surface area contributed by atoms with E-state index >= 15 is 0 Å². The van der Waals surface area contributed by atoms with Crippen LogP contribution in [0.2, 0.25) is 18.1 Å². The van der Waals surface area contributed by atoms with E-state index < -0.39 is 31.3 Å². The zero-order chi connectivity index (χ0) is 27.8. The fourth-order valence-corrected chi connectivity index (χ4v) is 7.80.